The lowest BCUT2D eigenvalue weighted by molar-refractivity contribution is 0.0690. The summed E-state index contributed by atoms with van der Waals surface area (Å²) in [5.41, 5.74) is -0.111. The minimum atomic E-state index is -1.12. The Morgan fingerprint density at radius 1 is 1.56 bits per heavy atom. The minimum absolute atomic E-state index is 0.111. The predicted molar refractivity (Wildman–Crippen MR) is 63.3 cm³/mol. The van der Waals surface area contributed by atoms with Crippen molar-refractivity contribution in [1.82, 2.24) is 25.2 Å². The Hall–Kier alpha value is -2.12. The number of carbonyl (C=O) groups is 2. The molecule has 2 amide bonds. The molecule has 0 saturated carbocycles. The van der Waals surface area contributed by atoms with Gasteiger partial charge >= 0.3 is 12.0 Å². The Labute approximate surface area is 105 Å². The lowest BCUT2D eigenvalue weighted by Gasteiger charge is -2.21. The predicted octanol–water partition coefficient (Wildman–Crippen LogP) is 0.0261. The first-order valence-electron chi connectivity index (χ1n) is 5.56. The van der Waals surface area contributed by atoms with Crippen molar-refractivity contribution in [2.45, 2.75) is 26.4 Å². The van der Waals surface area contributed by atoms with E-state index in [0.717, 1.165) is 0 Å². The zero-order valence-electron chi connectivity index (χ0n) is 10.6. The fraction of sp³-hybridized carbons (Fsp3) is 0.600. The topological polar surface area (TPSA) is 100 Å². The van der Waals surface area contributed by atoms with Crippen LogP contribution in [0.1, 0.15) is 24.3 Å². The first-order valence-corrected chi connectivity index (χ1v) is 5.56. The number of carbonyl (C=O) groups excluding carboxylic acids is 1. The minimum Gasteiger partial charge on any atom is -0.476 e. The molecule has 0 atom stereocenters. The molecule has 8 heteroatoms. The summed E-state index contributed by atoms with van der Waals surface area (Å²) in [6.45, 7) is 4.56. The molecule has 100 valence electrons. The molecule has 0 unspecified atom stereocenters. The molecule has 1 aromatic heterocycles. The van der Waals surface area contributed by atoms with Crippen molar-refractivity contribution in [2.24, 2.45) is 0 Å². The van der Waals surface area contributed by atoms with Gasteiger partial charge in [-0.1, -0.05) is 5.21 Å². The number of carboxylic acids is 1. The Bertz CT molecular complexity index is 429. The molecule has 0 saturated heterocycles. The van der Waals surface area contributed by atoms with Gasteiger partial charge < -0.3 is 15.3 Å². The van der Waals surface area contributed by atoms with Crippen molar-refractivity contribution in [3.63, 3.8) is 0 Å². The number of aromatic carboxylic acids is 1. The summed E-state index contributed by atoms with van der Waals surface area (Å²) in [6, 6.07) is -0.0569. The molecule has 0 fully saturated rings. The first-order chi connectivity index (χ1) is 8.41. The molecule has 8 nitrogen and oxygen atoms in total. The number of nitrogens with one attached hydrogen (secondary N) is 1. The van der Waals surface area contributed by atoms with E-state index in [4.69, 9.17) is 5.11 Å². The van der Waals surface area contributed by atoms with E-state index >= 15 is 0 Å². The normalized spacial score (nSPS) is 10.4. The van der Waals surface area contributed by atoms with Crippen molar-refractivity contribution in [3.05, 3.63) is 11.9 Å². The number of nitrogens with zero attached hydrogens (tertiary/aromatic N) is 4. The number of amides is 2. The van der Waals surface area contributed by atoms with E-state index in [-0.39, 0.29) is 17.8 Å². The molecule has 1 rings (SSSR count). The van der Waals surface area contributed by atoms with E-state index in [1.54, 1.807) is 11.9 Å². The summed E-state index contributed by atoms with van der Waals surface area (Å²) in [7, 11) is 1.71. The Kier molecular flexibility index (Phi) is 4.64. The molecule has 0 aromatic carbocycles. The summed E-state index contributed by atoms with van der Waals surface area (Å²) >= 11 is 0. The fourth-order valence-corrected chi connectivity index (χ4v) is 1.14. The second-order valence-corrected chi connectivity index (χ2v) is 4.11. The molecule has 1 heterocycles. The average molecular weight is 255 g/mol. The lowest BCUT2D eigenvalue weighted by Crippen LogP contribution is -2.42. The maximum atomic E-state index is 11.6. The summed E-state index contributed by atoms with van der Waals surface area (Å²) < 4.78 is 1.37. The van der Waals surface area contributed by atoms with Crippen LogP contribution in [-0.4, -0.2) is 56.6 Å². The standard InChI is InChI=1S/C10H17N5O3/c1-7(2)14(3)10(18)11-4-5-15-6-8(9(16)17)12-13-15/h6-7H,4-5H2,1-3H3,(H,11,18)(H,16,17). The monoisotopic (exact) mass is 255 g/mol. The van der Waals surface area contributed by atoms with Gasteiger partial charge in [-0.15, -0.1) is 5.10 Å². The molecule has 0 aliphatic heterocycles. The smallest absolute Gasteiger partial charge is 0.358 e. The molecule has 0 aliphatic carbocycles. The highest BCUT2D eigenvalue weighted by Gasteiger charge is 2.11. The molecular weight excluding hydrogens is 238 g/mol. The highest BCUT2D eigenvalue weighted by molar-refractivity contribution is 5.84. The lowest BCUT2D eigenvalue weighted by atomic mass is 10.4. The first kappa shape index (κ1) is 13.9. The van der Waals surface area contributed by atoms with Gasteiger partial charge in [0, 0.05) is 19.6 Å². The SMILES string of the molecule is CC(C)N(C)C(=O)NCCn1cc(C(=O)O)nn1. The third kappa shape index (κ3) is 3.72. The van der Waals surface area contributed by atoms with E-state index in [1.807, 2.05) is 13.8 Å². The van der Waals surface area contributed by atoms with Gasteiger partial charge in [-0.2, -0.15) is 0 Å². The van der Waals surface area contributed by atoms with Crippen LogP contribution in [0.15, 0.2) is 6.20 Å². The van der Waals surface area contributed by atoms with Crippen LogP contribution in [0.3, 0.4) is 0 Å². The maximum Gasteiger partial charge on any atom is 0.358 e. The van der Waals surface area contributed by atoms with Gasteiger partial charge in [-0.05, 0) is 13.8 Å². The number of hydrogen-bond acceptors (Lipinski definition) is 4. The summed E-state index contributed by atoms with van der Waals surface area (Å²) in [5, 5.41) is 18.5. The molecule has 18 heavy (non-hydrogen) atoms. The Balaban J connectivity index is 2.37. The summed E-state index contributed by atoms with van der Waals surface area (Å²) in [5.74, 6) is -1.12. The maximum absolute atomic E-state index is 11.6. The van der Waals surface area contributed by atoms with Crippen LogP contribution >= 0.6 is 0 Å². The Morgan fingerprint density at radius 2 is 2.22 bits per heavy atom. The van der Waals surface area contributed by atoms with E-state index in [1.165, 1.54) is 10.9 Å². The van der Waals surface area contributed by atoms with Crippen LogP contribution in [0.5, 0.6) is 0 Å². The molecule has 1 aromatic rings. The molecule has 0 spiro atoms. The quantitative estimate of drug-likeness (QED) is 0.772. The van der Waals surface area contributed by atoms with Crippen molar-refractivity contribution in [1.29, 1.82) is 0 Å². The van der Waals surface area contributed by atoms with E-state index in [2.05, 4.69) is 15.6 Å². The number of rotatable bonds is 5. The van der Waals surface area contributed by atoms with Crippen LogP contribution in [0.2, 0.25) is 0 Å². The fourth-order valence-electron chi connectivity index (χ4n) is 1.14. The largest absolute Gasteiger partial charge is 0.476 e. The summed E-state index contributed by atoms with van der Waals surface area (Å²) in [4.78, 5) is 23.7. The van der Waals surface area contributed by atoms with Crippen LogP contribution in [0.4, 0.5) is 4.79 Å². The van der Waals surface area contributed by atoms with Crippen LogP contribution in [0.25, 0.3) is 0 Å². The zero-order chi connectivity index (χ0) is 13.7. The van der Waals surface area contributed by atoms with E-state index in [9.17, 15) is 9.59 Å². The van der Waals surface area contributed by atoms with Gasteiger partial charge in [-0.25, -0.2) is 14.3 Å². The van der Waals surface area contributed by atoms with E-state index in [0.29, 0.717) is 13.1 Å². The van der Waals surface area contributed by atoms with Gasteiger partial charge in [0.25, 0.3) is 0 Å². The van der Waals surface area contributed by atoms with Gasteiger partial charge in [-0.3, -0.25) is 0 Å². The molecule has 2 N–H and O–H groups in total. The number of carboxylic acid groups (broad SMARTS) is 1. The zero-order valence-corrected chi connectivity index (χ0v) is 10.6. The molecule has 0 aliphatic rings. The number of aromatic nitrogens is 3. The van der Waals surface area contributed by atoms with Gasteiger partial charge in [0.15, 0.2) is 5.69 Å². The van der Waals surface area contributed by atoms with E-state index < -0.39 is 5.97 Å². The molecule has 0 bridgehead atoms. The highest BCUT2D eigenvalue weighted by atomic mass is 16.4. The van der Waals surface area contributed by atoms with Crippen molar-refractivity contribution in [3.8, 4) is 0 Å². The van der Waals surface area contributed by atoms with Gasteiger partial charge in [0.05, 0.1) is 12.7 Å². The van der Waals surface area contributed by atoms with Crippen LogP contribution in [-0.2, 0) is 6.54 Å². The third-order valence-corrected chi connectivity index (χ3v) is 2.47. The van der Waals surface area contributed by atoms with Gasteiger partial charge in [0.2, 0.25) is 0 Å². The van der Waals surface area contributed by atoms with Crippen molar-refractivity contribution in [2.75, 3.05) is 13.6 Å². The number of urea groups is 1. The summed E-state index contributed by atoms with van der Waals surface area (Å²) in [6.07, 6.45) is 1.32. The van der Waals surface area contributed by atoms with Crippen molar-refractivity contribution < 1.29 is 14.7 Å². The third-order valence-electron chi connectivity index (χ3n) is 2.47. The Morgan fingerprint density at radius 3 is 2.72 bits per heavy atom. The van der Waals surface area contributed by atoms with Crippen LogP contribution < -0.4 is 5.32 Å². The van der Waals surface area contributed by atoms with Gasteiger partial charge in [0.1, 0.15) is 0 Å². The molecule has 0 radical (unpaired) electrons. The second kappa shape index (κ2) is 5.99. The highest BCUT2D eigenvalue weighted by Crippen LogP contribution is 1.94. The number of hydrogen-bond donors (Lipinski definition) is 2. The average Bonchev–Trinajstić information content (AvgIpc) is 2.76. The molecular formula is C10H17N5O3. The van der Waals surface area contributed by atoms with Crippen molar-refractivity contribution >= 4 is 12.0 Å². The van der Waals surface area contributed by atoms with Crippen LogP contribution in [0, 0.1) is 0 Å². The second-order valence-electron chi connectivity index (χ2n) is 4.11.